The maximum atomic E-state index is 12.8. The molecule has 0 atom stereocenters. The number of hydrogen-bond donors (Lipinski definition) is 2. The van der Waals surface area contributed by atoms with Gasteiger partial charge >= 0.3 is 0 Å². The summed E-state index contributed by atoms with van der Waals surface area (Å²) in [5, 5.41) is 2.69. The average Bonchev–Trinajstić information content (AvgIpc) is 2.87. The fourth-order valence-corrected chi connectivity index (χ4v) is 5.29. The van der Waals surface area contributed by atoms with Gasteiger partial charge in [0.05, 0.1) is 43.3 Å². The normalized spacial score (nSPS) is 11.3. The van der Waals surface area contributed by atoms with Crippen molar-refractivity contribution >= 4 is 43.0 Å². The van der Waals surface area contributed by atoms with Crippen molar-refractivity contribution in [2.24, 2.45) is 0 Å². The Balaban J connectivity index is 1.72. The van der Waals surface area contributed by atoms with E-state index in [9.17, 15) is 21.6 Å². The molecule has 2 N–H and O–H groups in total. The van der Waals surface area contributed by atoms with Gasteiger partial charge in [0.15, 0.2) is 0 Å². The molecule has 0 aromatic heterocycles. The number of carbonyl (C=O) groups is 1. The van der Waals surface area contributed by atoms with Gasteiger partial charge in [-0.25, -0.2) is 16.8 Å². The number of amides is 1. The van der Waals surface area contributed by atoms with Crippen LogP contribution in [0.5, 0.6) is 11.5 Å². The summed E-state index contributed by atoms with van der Waals surface area (Å²) in [6.45, 7) is 3.66. The molecule has 0 aliphatic rings. The van der Waals surface area contributed by atoms with E-state index in [1.807, 2.05) is 0 Å². The van der Waals surface area contributed by atoms with E-state index in [4.69, 9.17) is 9.47 Å². The Kier molecular flexibility index (Phi) is 8.46. The molecule has 0 aliphatic carbocycles. The molecule has 0 unspecified atom stereocenters. The van der Waals surface area contributed by atoms with Gasteiger partial charge in [0, 0.05) is 17.3 Å². The van der Waals surface area contributed by atoms with Crippen molar-refractivity contribution in [3.8, 4) is 11.5 Å². The van der Waals surface area contributed by atoms with Crippen molar-refractivity contribution in [3.63, 3.8) is 0 Å². The van der Waals surface area contributed by atoms with Gasteiger partial charge in [-0.05, 0) is 60.7 Å². The smallest absolute Gasteiger partial charge is 0.262 e. The lowest BCUT2D eigenvalue weighted by Crippen LogP contribution is -2.29. The Morgan fingerprint density at radius 2 is 1.59 bits per heavy atom. The summed E-state index contributed by atoms with van der Waals surface area (Å²) < 4.78 is 63.6. The minimum absolute atomic E-state index is 0.0178. The monoisotopic (exact) mass is 545 g/mol. The number of ether oxygens (including phenoxy) is 2. The molecule has 0 saturated carbocycles. The first-order valence-corrected chi connectivity index (χ1v) is 14.2. The van der Waals surface area contributed by atoms with Crippen molar-refractivity contribution in [1.29, 1.82) is 0 Å². The lowest BCUT2D eigenvalue weighted by Gasteiger charge is -2.20. The van der Waals surface area contributed by atoms with E-state index >= 15 is 0 Å². The summed E-state index contributed by atoms with van der Waals surface area (Å²) in [5.41, 5.74) is 1.31. The standard InChI is InChI=1S/C25H27N3O7S2/c1-5-16-28(36(4,30)31)20-10-6-18(7-11-20)25(29)26-19-8-13-22(14-9-19)37(32,33)27-23-15-12-21(34-2)17-24(23)35-3/h5-15,17,27H,1,16H2,2-4H3,(H,26,29). The van der Waals surface area contributed by atoms with E-state index in [0.717, 1.165) is 10.6 Å². The predicted molar refractivity (Wildman–Crippen MR) is 144 cm³/mol. The Morgan fingerprint density at radius 1 is 0.946 bits per heavy atom. The van der Waals surface area contributed by atoms with Crippen molar-refractivity contribution in [3.05, 3.63) is 84.9 Å². The molecule has 196 valence electrons. The first-order valence-electron chi connectivity index (χ1n) is 10.8. The quantitative estimate of drug-likeness (QED) is 0.351. The third-order valence-electron chi connectivity index (χ3n) is 5.19. The third-order valence-corrected chi connectivity index (χ3v) is 7.73. The van der Waals surface area contributed by atoms with Crippen LogP contribution in [0, 0.1) is 0 Å². The molecule has 3 aromatic rings. The van der Waals surface area contributed by atoms with Crippen molar-refractivity contribution in [2.75, 3.05) is 41.4 Å². The van der Waals surface area contributed by atoms with Gasteiger partial charge in [-0.1, -0.05) is 6.08 Å². The van der Waals surface area contributed by atoms with Crippen LogP contribution < -0.4 is 23.8 Å². The molecule has 0 saturated heterocycles. The van der Waals surface area contributed by atoms with E-state index in [1.54, 1.807) is 12.1 Å². The Morgan fingerprint density at radius 3 is 2.14 bits per heavy atom. The molecule has 0 bridgehead atoms. The molecular weight excluding hydrogens is 518 g/mol. The first kappa shape index (κ1) is 27.6. The fraction of sp³-hybridized carbons (Fsp3) is 0.160. The zero-order valence-corrected chi connectivity index (χ0v) is 22.1. The molecule has 12 heteroatoms. The van der Waals surface area contributed by atoms with Gasteiger partial charge in [-0.2, -0.15) is 0 Å². The highest BCUT2D eigenvalue weighted by Crippen LogP contribution is 2.31. The van der Waals surface area contributed by atoms with Crippen LogP contribution >= 0.6 is 0 Å². The summed E-state index contributed by atoms with van der Waals surface area (Å²) in [7, 11) is -4.54. The number of anilines is 3. The van der Waals surface area contributed by atoms with E-state index in [1.165, 1.54) is 74.9 Å². The van der Waals surface area contributed by atoms with Crippen LogP contribution in [0.25, 0.3) is 0 Å². The summed E-state index contributed by atoms with van der Waals surface area (Å²) in [4.78, 5) is 12.6. The van der Waals surface area contributed by atoms with E-state index in [2.05, 4.69) is 16.6 Å². The Hall–Kier alpha value is -4.03. The second-order valence-electron chi connectivity index (χ2n) is 7.78. The van der Waals surface area contributed by atoms with Crippen molar-refractivity contribution < 1.29 is 31.1 Å². The van der Waals surface area contributed by atoms with Gasteiger partial charge in [0.25, 0.3) is 15.9 Å². The summed E-state index contributed by atoms with van der Waals surface area (Å²) in [5.74, 6) is 0.360. The van der Waals surface area contributed by atoms with Gasteiger partial charge in [-0.3, -0.25) is 13.8 Å². The zero-order chi connectivity index (χ0) is 27.2. The van der Waals surface area contributed by atoms with Crippen molar-refractivity contribution in [1.82, 2.24) is 0 Å². The highest BCUT2D eigenvalue weighted by molar-refractivity contribution is 7.92. The molecule has 0 aliphatic heterocycles. The molecule has 0 radical (unpaired) electrons. The maximum absolute atomic E-state index is 12.8. The topological polar surface area (TPSA) is 131 Å². The van der Waals surface area contributed by atoms with Gasteiger partial charge in [-0.15, -0.1) is 6.58 Å². The van der Waals surface area contributed by atoms with Gasteiger partial charge in [0.1, 0.15) is 11.5 Å². The number of hydrogen-bond acceptors (Lipinski definition) is 7. The van der Waals surface area contributed by atoms with Crippen LogP contribution in [0.15, 0.2) is 84.3 Å². The first-order chi connectivity index (χ1) is 17.5. The number of sulfonamides is 2. The minimum Gasteiger partial charge on any atom is -0.497 e. The fourth-order valence-electron chi connectivity index (χ4n) is 3.34. The van der Waals surface area contributed by atoms with E-state index in [0.29, 0.717) is 28.4 Å². The lowest BCUT2D eigenvalue weighted by molar-refractivity contribution is 0.102. The number of rotatable bonds is 11. The number of nitrogens with one attached hydrogen (secondary N) is 2. The Labute approximate surface area is 216 Å². The highest BCUT2D eigenvalue weighted by Gasteiger charge is 2.18. The molecule has 0 spiro atoms. The van der Waals surface area contributed by atoms with Gasteiger partial charge in [0.2, 0.25) is 10.0 Å². The van der Waals surface area contributed by atoms with Crippen LogP contribution in [-0.2, 0) is 20.0 Å². The van der Waals surface area contributed by atoms with E-state index in [-0.39, 0.29) is 17.1 Å². The lowest BCUT2D eigenvalue weighted by atomic mass is 10.2. The molecule has 1 amide bonds. The number of carbonyl (C=O) groups excluding carboxylic acids is 1. The number of methoxy groups -OCH3 is 2. The summed E-state index contributed by atoms with van der Waals surface area (Å²) >= 11 is 0. The largest absolute Gasteiger partial charge is 0.497 e. The number of benzene rings is 3. The van der Waals surface area contributed by atoms with Crippen LogP contribution in [-0.4, -0.2) is 49.8 Å². The molecular formula is C25H27N3O7S2. The number of nitrogens with zero attached hydrogens (tertiary/aromatic N) is 1. The molecule has 0 fully saturated rings. The van der Waals surface area contributed by atoms with Crippen LogP contribution in [0.2, 0.25) is 0 Å². The summed E-state index contributed by atoms with van der Waals surface area (Å²) in [6, 6.07) is 16.4. The molecule has 3 aromatic carbocycles. The molecule has 0 heterocycles. The molecule has 10 nitrogen and oxygen atoms in total. The SMILES string of the molecule is C=CCN(c1ccc(C(=O)Nc2ccc(S(=O)(=O)Nc3ccc(OC)cc3OC)cc2)cc1)S(C)(=O)=O. The zero-order valence-electron chi connectivity index (χ0n) is 20.5. The maximum Gasteiger partial charge on any atom is 0.262 e. The van der Waals surface area contributed by atoms with Crippen LogP contribution in [0.1, 0.15) is 10.4 Å². The second kappa shape index (κ2) is 11.4. The van der Waals surface area contributed by atoms with Crippen molar-refractivity contribution in [2.45, 2.75) is 4.90 Å². The average molecular weight is 546 g/mol. The minimum atomic E-state index is -3.94. The Bertz CT molecular complexity index is 1490. The highest BCUT2D eigenvalue weighted by atomic mass is 32.2. The van der Waals surface area contributed by atoms with Crippen LogP contribution in [0.3, 0.4) is 0 Å². The molecule has 3 rings (SSSR count). The van der Waals surface area contributed by atoms with Gasteiger partial charge < -0.3 is 14.8 Å². The second-order valence-corrected chi connectivity index (χ2v) is 11.4. The van der Waals surface area contributed by atoms with Crippen LogP contribution in [0.4, 0.5) is 17.1 Å². The third kappa shape index (κ3) is 6.80. The van der Waals surface area contributed by atoms with E-state index < -0.39 is 26.0 Å². The molecule has 37 heavy (non-hydrogen) atoms. The predicted octanol–water partition coefficient (Wildman–Crippen LogP) is 3.71. The summed E-state index contributed by atoms with van der Waals surface area (Å²) in [6.07, 6.45) is 2.55.